The standard InChI is InChI=1S/C15H17BrN2S/c1-10(17)13-3-2-12(8-14(13)16)18-6-4-15-11(9-18)5-7-19-15/h2-3,5,7-8,10H,4,6,9,17H2,1H3/t10-/m1/s1. The Kier molecular flexibility index (Phi) is 3.65. The lowest BCUT2D eigenvalue weighted by Gasteiger charge is -2.29. The average molecular weight is 337 g/mol. The fourth-order valence-electron chi connectivity index (χ4n) is 2.55. The Hall–Kier alpha value is -0.840. The molecule has 0 saturated heterocycles. The molecular formula is C15H17BrN2S. The van der Waals surface area contributed by atoms with E-state index in [-0.39, 0.29) is 6.04 Å². The van der Waals surface area contributed by atoms with Crippen molar-refractivity contribution in [2.45, 2.75) is 25.9 Å². The number of nitrogens with zero attached hydrogens (tertiary/aromatic N) is 1. The zero-order chi connectivity index (χ0) is 13.4. The molecule has 2 heterocycles. The van der Waals surface area contributed by atoms with Gasteiger partial charge in [-0.05, 0) is 48.1 Å². The minimum absolute atomic E-state index is 0.0632. The molecule has 1 aliphatic heterocycles. The Morgan fingerprint density at radius 3 is 2.95 bits per heavy atom. The van der Waals surface area contributed by atoms with Crippen LogP contribution in [0.4, 0.5) is 5.69 Å². The summed E-state index contributed by atoms with van der Waals surface area (Å²) in [5.41, 5.74) is 9.86. The van der Waals surface area contributed by atoms with Gasteiger partial charge in [-0.2, -0.15) is 0 Å². The van der Waals surface area contributed by atoms with Crippen molar-refractivity contribution in [1.82, 2.24) is 0 Å². The molecule has 0 radical (unpaired) electrons. The molecular weight excluding hydrogens is 320 g/mol. The first-order chi connectivity index (χ1) is 9.15. The predicted octanol–water partition coefficient (Wildman–Crippen LogP) is 4.09. The van der Waals surface area contributed by atoms with E-state index in [1.807, 2.05) is 18.3 Å². The summed E-state index contributed by atoms with van der Waals surface area (Å²) in [6, 6.07) is 8.81. The monoisotopic (exact) mass is 336 g/mol. The van der Waals surface area contributed by atoms with E-state index >= 15 is 0 Å². The summed E-state index contributed by atoms with van der Waals surface area (Å²) >= 11 is 5.51. The van der Waals surface area contributed by atoms with Gasteiger partial charge in [-0.3, -0.25) is 0 Å². The molecule has 0 fully saturated rings. The van der Waals surface area contributed by atoms with Crippen LogP contribution in [0.3, 0.4) is 0 Å². The highest BCUT2D eigenvalue weighted by Crippen LogP contribution is 2.31. The van der Waals surface area contributed by atoms with Crippen LogP contribution in [0.2, 0.25) is 0 Å². The molecule has 19 heavy (non-hydrogen) atoms. The van der Waals surface area contributed by atoms with Crippen LogP contribution in [0.15, 0.2) is 34.1 Å². The predicted molar refractivity (Wildman–Crippen MR) is 85.8 cm³/mol. The lowest BCUT2D eigenvalue weighted by molar-refractivity contribution is 0.742. The second-order valence-electron chi connectivity index (χ2n) is 5.04. The summed E-state index contributed by atoms with van der Waals surface area (Å²) < 4.78 is 1.11. The van der Waals surface area contributed by atoms with Gasteiger partial charge in [0.25, 0.3) is 0 Å². The van der Waals surface area contributed by atoms with Gasteiger partial charge in [0.15, 0.2) is 0 Å². The number of fused-ring (bicyclic) bond motifs is 1. The molecule has 1 aromatic carbocycles. The number of halogens is 1. The van der Waals surface area contributed by atoms with Crippen molar-refractivity contribution < 1.29 is 0 Å². The largest absolute Gasteiger partial charge is 0.367 e. The molecule has 0 amide bonds. The molecule has 3 rings (SSSR count). The third-order valence-electron chi connectivity index (χ3n) is 3.65. The normalized spacial score (nSPS) is 16.3. The van der Waals surface area contributed by atoms with Crippen molar-refractivity contribution in [2.75, 3.05) is 11.4 Å². The van der Waals surface area contributed by atoms with Crippen molar-refractivity contribution in [3.05, 3.63) is 50.1 Å². The molecule has 0 saturated carbocycles. The van der Waals surface area contributed by atoms with Crippen LogP contribution in [0.5, 0.6) is 0 Å². The van der Waals surface area contributed by atoms with Crippen molar-refractivity contribution >= 4 is 33.0 Å². The SMILES string of the molecule is C[C@@H](N)c1ccc(N2CCc3sccc3C2)cc1Br. The lowest BCUT2D eigenvalue weighted by Crippen LogP contribution is -2.29. The molecule has 0 aliphatic carbocycles. The van der Waals surface area contributed by atoms with Crippen molar-refractivity contribution in [3.63, 3.8) is 0 Å². The van der Waals surface area contributed by atoms with Gasteiger partial charge in [0.1, 0.15) is 0 Å². The summed E-state index contributed by atoms with van der Waals surface area (Å²) in [6.07, 6.45) is 1.15. The number of nitrogens with two attached hydrogens (primary N) is 1. The Labute approximate surface area is 126 Å². The van der Waals surface area contributed by atoms with Crippen LogP contribution < -0.4 is 10.6 Å². The summed E-state index contributed by atoms with van der Waals surface area (Å²) in [7, 11) is 0. The summed E-state index contributed by atoms with van der Waals surface area (Å²) in [5.74, 6) is 0. The molecule has 1 aliphatic rings. The van der Waals surface area contributed by atoms with E-state index in [1.165, 1.54) is 11.3 Å². The Bertz CT molecular complexity index is 592. The molecule has 4 heteroatoms. The van der Waals surface area contributed by atoms with Gasteiger partial charge >= 0.3 is 0 Å². The summed E-state index contributed by atoms with van der Waals surface area (Å²) in [6.45, 7) is 4.12. The van der Waals surface area contributed by atoms with Gasteiger partial charge in [0.2, 0.25) is 0 Å². The Balaban J connectivity index is 1.86. The quantitative estimate of drug-likeness (QED) is 0.894. The summed E-state index contributed by atoms with van der Waals surface area (Å²) in [5, 5.41) is 2.20. The third kappa shape index (κ3) is 2.57. The lowest BCUT2D eigenvalue weighted by atomic mass is 10.1. The van der Waals surface area contributed by atoms with Crippen LogP contribution in [0.25, 0.3) is 0 Å². The molecule has 2 nitrogen and oxygen atoms in total. The molecule has 100 valence electrons. The number of hydrogen-bond acceptors (Lipinski definition) is 3. The van der Waals surface area contributed by atoms with Crippen molar-refractivity contribution in [1.29, 1.82) is 0 Å². The van der Waals surface area contributed by atoms with Gasteiger partial charge < -0.3 is 10.6 Å². The minimum Gasteiger partial charge on any atom is -0.367 e. The van der Waals surface area contributed by atoms with E-state index in [9.17, 15) is 0 Å². The van der Waals surface area contributed by atoms with E-state index in [0.29, 0.717) is 0 Å². The van der Waals surface area contributed by atoms with Gasteiger partial charge in [-0.1, -0.05) is 22.0 Å². The van der Waals surface area contributed by atoms with Crippen LogP contribution in [0, 0.1) is 0 Å². The first kappa shape index (κ1) is 13.2. The highest BCUT2D eigenvalue weighted by Gasteiger charge is 2.18. The van der Waals surface area contributed by atoms with Crippen molar-refractivity contribution in [3.8, 4) is 0 Å². The Morgan fingerprint density at radius 1 is 1.37 bits per heavy atom. The molecule has 1 atom stereocenters. The van der Waals surface area contributed by atoms with Crippen LogP contribution in [-0.2, 0) is 13.0 Å². The number of thiophene rings is 1. The zero-order valence-corrected chi connectivity index (χ0v) is 13.3. The fraction of sp³-hybridized carbons (Fsp3) is 0.333. The second-order valence-corrected chi connectivity index (χ2v) is 6.89. The van der Waals surface area contributed by atoms with Crippen LogP contribution in [-0.4, -0.2) is 6.54 Å². The van der Waals surface area contributed by atoms with Crippen LogP contribution in [0.1, 0.15) is 29.0 Å². The number of anilines is 1. The van der Waals surface area contributed by atoms with Crippen molar-refractivity contribution in [2.24, 2.45) is 5.73 Å². The molecule has 0 spiro atoms. The van der Waals surface area contributed by atoms with Gasteiger partial charge in [0.05, 0.1) is 0 Å². The molecule has 1 aromatic heterocycles. The maximum atomic E-state index is 5.95. The van der Waals surface area contributed by atoms with Crippen LogP contribution >= 0.6 is 27.3 Å². The van der Waals surface area contributed by atoms with Gasteiger partial charge in [0, 0.05) is 34.2 Å². The van der Waals surface area contributed by atoms with Gasteiger partial charge in [-0.15, -0.1) is 11.3 Å². The van der Waals surface area contributed by atoms with Gasteiger partial charge in [-0.25, -0.2) is 0 Å². The van der Waals surface area contributed by atoms with E-state index in [1.54, 1.807) is 4.88 Å². The first-order valence-electron chi connectivity index (χ1n) is 6.50. The average Bonchev–Trinajstić information content (AvgIpc) is 2.85. The Morgan fingerprint density at radius 2 is 2.21 bits per heavy atom. The maximum Gasteiger partial charge on any atom is 0.0440 e. The number of hydrogen-bond donors (Lipinski definition) is 1. The number of benzene rings is 1. The topological polar surface area (TPSA) is 29.3 Å². The third-order valence-corrected chi connectivity index (χ3v) is 5.36. The maximum absolute atomic E-state index is 5.95. The second kappa shape index (κ2) is 5.27. The molecule has 2 aromatic rings. The first-order valence-corrected chi connectivity index (χ1v) is 8.17. The van der Waals surface area contributed by atoms with E-state index in [2.05, 4.69) is 50.5 Å². The molecule has 0 unspecified atom stereocenters. The minimum atomic E-state index is 0.0632. The zero-order valence-electron chi connectivity index (χ0n) is 10.9. The smallest absolute Gasteiger partial charge is 0.0440 e. The number of rotatable bonds is 2. The fourth-order valence-corrected chi connectivity index (χ4v) is 4.17. The summed E-state index contributed by atoms with van der Waals surface area (Å²) in [4.78, 5) is 3.98. The highest BCUT2D eigenvalue weighted by atomic mass is 79.9. The molecule has 2 N–H and O–H groups in total. The molecule has 0 bridgehead atoms. The highest BCUT2D eigenvalue weighted by molar-refractivity contribution is 9.10. The van der Waals surface area contributed by atoms with E-state index in [4.69, 9.17) is 5.73 Å². The van der Waals surface area contributed by atoms with E-state index < -0.39 is 0 Å². The van der Waals surface area contributed by atoms with E-state index in [0.717, 1.165) is 29.5 Å².